The normalized spacial score (nSPS) is 15.6. The Morgan fingerprint density at radius 2 is 1.64 bits per heavy atom. The van der Waals surface area contributed by atoms with Gasteiger partial charge in [-0.25, -0.2) is 8.42 Å². The largest absolute Gasteiger partial charge is 0.378 e. The van der Waals surface area contributed by atoms with Gasteiger partial charge in [-0.3, -0.25) is 4.31 Å². The number of anilines is 1. The molecule has 1 atom stereocenters. The maximum atomic E-state index is 14.1. The Hall–Kier alpha value is -2.41. The molecule has 4 nitrogen and oxygen atoms in total. The molecule has 6 heteroatoms. The van der Waals surface area contributed by atoms with Crippen molar-refractivity contribution in [1.29, 1.82) is 0 Å². The Kier molecular flexibility index (Phi) is 6.29. The first-order valence-corrected chi connectivity index (χ1v) is 16.5. The van der Waals surface area contributed by atoms with E-state index in [2.05, 4.69) is 38.7 Å². The van der Waals surface area contributed by atoms with E-state index in [-0.39, 0.29) is 5.73 Å². The van der Waals surface area contributed by atoms with E-state index in [1.54, 1.807) is 16.4 Å². The molecule has 0 bridgehead atoms. The lowest BCUT2D eigenvalue weighted by atomic mass is 9.92. The number of ether oxygens (including phenoxy) is 1. The Bertz CT molecular complexity index is 1320. The minimum absolute atomic E-state index is 0.0576. The molecule has 0 N–H and O–H groups in total. The van der Waals surface area contributed by atoms with Gasteiger partial charge in [-0.05, 0) is 49.4 Å². The first-order chi connectivity index (χ1) is 15.6. The predicted octanol–water partition coefficient (Wildman–Crippen LogP) is 6.41. The zero-order valence-corrected chi connectivity index (χ0v) is 22.2. The van der Waals surface area contributed by atoms with Crippen molar-refractivity contribution in [3.8, 4) is 0 Å². The van der Waals surface area contributed by atoms with Gasteiger partial charge in [0.1, 0.15) is 0 Å². The maximum absolute atomic E-state index is 14.1. The molecule has 0 saturated heterocycles. The summed E-state index contributed by atoms with van der Waals surface area (Å²) >= 11 is 0. The third-order valence-corrected chi connectivity index (χ3v) is 10.2. The van der Waals surface area contributed by atoms with Crippen molar-refractivity contribution in [2.24, 2.45) is 0 Å². The molecular formula is C27H33NO3SSi. The predicted molar refractivity (Wildman–Crippen MR) is 141 cm³/mol. The van der Waals surface area contributed by atoms with Crippen LogP contribution in [0.1, 0.15) is 25.0 Å². The molecular weight excluding hydrogens is 446 g/mol. The van der Waals surface area contributed by atoms with Gasteiger partial charge >= 0.3 is 0 Å². The summed E-state index contributed by atoms with van der Waals surface area (Å²) in [5.41, 5.74) is 4.92. The number of fused-ring (bicyclic) bond motifs is 3. The minimum Gasteiger partial charge on any atom is -0.378 e. The number of rotatable bonds is 6. The van der Waals surface area contributed by atoms with Gasteiger partial charge < -0.3 is 4.74 Å². The average molecular weight is 480 g/mol. The molecule has 3 aromatic carbocycles. The second-order valence-corrected chi connectivity index (χ2v) is 17.0. The zero-order valence-electron chi connectivity index (χ0n) is 20.3. The Morgan fingerprint density at radius 3 is 2.27 bits per heavy atom. The molecule has 1 aliphatic rings. The summed E-state index contributed by atoms with van der Waals surface area (Å²) in [6, 6.07) is 19.3. The summed E-state index contributed by atoms with van der Waals surface area (Å²) in [6.07, 6.45) is 0. The fraction of sp³-hybridized carbons (Fsp3) is 0.333. The molecule has 0 aliphatic carbocycles. The molecule has 0 spiro atoms. The Labute approximate surface area is 199 Å². The molecule has 3 aromatic rings. The van der Waals surface area contributed by atoms with Gasteiger partial charge in [-0.2, -0.15) is 0 Å². The lowest BCUT2D eigenvalue weighted by Gasteiger charge is -2.39. The number of hydrogen-bond donors (Lipinski definition) is 0. The van der Waals surface area contributed by atoms with Gasteiger partial charge in [0.25, 0.3) is 10.0 Å². The summed E-state index contributed by atoms with van der Waals surface area (Å²) in [5, 5.41) is 1.98. The highest BCUT2D eigenvalue weighted by atomic mass is 32.2. The van der Waals surface area contributed by atoms with Crippen LogP contribution < -0.4 is 4.31 Å². The standard InChI is InChI=1S/C27H33NO3SSi/c1-7-31-27(33(4,5)6)25-18-28(32(29,30)22-15-12-19(2)13-16-22)26-23(20(25)3)17-14-21-10-8-9-11-24(21)26/h8-17,27H,7,18H2,1-6H3/t27-/m1/s1. The van der Waals surface area contributed by atoms with Crippen molar-refractivity contribution in [3.63, 3.8) is 0 Å². The van der Waals surface area contributed by atoms with E-state index in [4.69, 9.17) is 4.74 Å². The van der Waals surface area contributed by atoms with Crippen molar-refractivity contribution in [2.75, 3.05) is 17.5 Å². The van der Waals surface area contributed by atoms with Gasteiger partial charge in [-0.15, -0.1) is 0 Å². The van der Waals surface area contributed by atoms with Crippen molar-refractivity contribution in [3.05, 3.63) is 77.4 Å². The van der Waals surface area contributed by atoms with Crippen molar-refractivity contribution in [2.45, 2.75) is 51.0 Å². The molecule has 0 unspecified atom stereocenters. The molecule has 0 aromatic heterocycles. The van der Waals surface area contributed by atoms with E-state index in [1.165, 1.54) is 0 Å². The van der Waals surface area contributed by atoms with E-state index >= 15 is 0 Å². The van der Waals surface area contributed by atoms with Crippen molar-refractivity contribution in [1.82, 2.24) is 0 Å². The summed E-state index contributed by atoms with van der Waals surface area (Å²) < 4.78 is 36.0. The highest BCUT2D eigenvalue weighted by Gasteiger charge is 2.39. The molecule has 0 radical (unpaired) electrons. The van der Waals surface area contributed by atoms with Crippen molar-refractivity contribution >= 4 is 40.1 Å². The van der Waals surface area contributed by atoms with Gasteiger partial charge in [-0.1, -0.05) is 73.7 Å². The third-order valence-electron chi connectivity index (χ3n) is 6.39. The number of benzene rings is 3. The zero-order chi connectivity index (χ0) is 24.0. The van der Waals surface area contributed by atoms with Crippen LogP contribution in [0.15, 0.2) is 71.1 Å². The molecule has 0 saturated carbocycles. The monoisotopic (exact) mass is 479 g/mol. The van der Waals surface area contributed by atoms with E-state index < -0.39 is 18.1 Å². The first kappa shape index (κ1) is 23.7. The second kappa shape index (κ2) is 8.74. The average Bonchev–Trinajstić information content (AvgIpc) is 2.77. The summed E-state index contributed by atoms with van der Waals surface area (Å²) in [7, 11) is -5.56. The van der Waals surface area contributed by atoms with Crippen LogP contribution in [0.2, 0.25) is 19.6 Å². The molecule has 174 valence electrons. The van der Waals surface area contributed by atoms with E-state index in [1.807, 2.05) is 50.2 Å². The number of aryl methyl sites for hydroxylation is 1. The van der Waals surface area contributed by atoms with E-state index in [0.29, 0.717) is 18.0 Å². The van der Waals surface area contributed by atoms with Crippen LogP contribution >= 0.6 is 0 Å². The molecule has 0 amide bonds. The van der Waals surface area contributed by atoms with E-state index in [9.17, 15) is 8.42 Å². The van der Waals surface area contributed by atoms with Crippen molar-refractivity contribution < 1.29 is 13.2 Å². The maximum Gasteiger partial charge on any atom is 0.264 e. The van der Waals surface area contributed by atoms with Crippen LogP contribution in [-0.2, 0) is 14.8 Å². The van der Waals surface area contributed by atoms with Gasteiger partial charge in [0.05, 0.1) is 30.9 Å². The molecule has 1 aliphatic heterocycles. The highest BCUT2D eigenvalue weighted by molar-refractivity contribution is 7.92. The molecule has 0 fully saturated rings. The van der Waals surface area contributed by atoms with Gasteiger partial charge in [0, 0.05) is 17.6 Å². The summed E-state index contributed by atoms with van der Waals surface area (Å²) in [5.74, 6) is 0. The molecule has 33 heavy (non-hydrogen) atoms. The number of allylic oxidation sites excluding steroid dienone is 1. The fourth-order valence-electron chi connectivity index (χ4n) is 4.71. The van der Waals surface area contributed by atoms with E-state index in [0.717, 1.165) is 38.7 Å². The SMILES string of the molecule is CCO[C@@H](C1=C(C)c2ccc3ccccc3c2N(S(=O)(=O)c2ccc(C)cc2)C1)[Si](C)(C)C. The van der Waals surface area contributed by atoms with Crippen LogP contribution in [0.4, 0.5) is 5.69 Å². The van der Waals surface area contributed by atoms with Crippen LogP contribution in [0, 0.1) is 6.92 Å². The van der Waals surface area contributed by atoms with Crippen LogP contribution in [-0.4, -0.2) is 35.4 Å². The molecule has 4 rings (SSSR count). The smallest absolute Gasteiger partial charge is 0.264 e. The Balaban J connectivity index is 2.01. The van der Waals surface area contributed by atoms with Gasteiger partial charge in [0.15, 0.2) is 0 Å². The summed E-state index contributed by atoms with van der Waals surface area (Å²) in [4.78, 5) is 0.312. The van der Waals surface area contributed by atoms with Gasteiger partial charge in [0.2, 0.25) is 0 Å². The highest BCUT2D eigenvalue weighted by Crippen LogP contribution is 2.44. The summed E-state index contributed by atoms with van der Waals surface area (Å²) in [6.45, 7) is 13.8. The lowest BCUT2D eigenvalue weighted by Crippen LogP contribution is -2.47. The topological polar surface area (TPSA) is 46.6 Å². The van der Waals surface area contributed by atoms with Crippen LogP contribution in [0.5, 0.6) is 0 Å². The Morgan fingerprint density at radius 1 is 0.970 bits per heavy atom. The third kappa shape index (κ3) is 4.27. The minimum atomic E-state index is -3.77. The number of sulfonamides is 1. The quantitative estimate of drug-likeness (QED) is 0.384. The second-order valence-electron chi connectivity index (χ2n) is 9.86. The first-order valence-electron chi connectivity index (χ1n) is 11.5. The number of hydrogen-bond acceptors (Lipinski definition) is 3. The lowest BCUT2D eigenvalue weighted by molar-refractivity contribution is 0.134. The fourth-order valence-corrected chi connectivity index (χ4v) is 8.21. The van der Waals surface area contributed by atoms with Crippen LogP contribution in [0.3, 0.4) is 0 Å². The molecule has 1 heterocycles. The number of nitrogens with zero attached hydrogens (tertiary/aromatic N) is 1. The van der Waals surface area contributed by atoms with Crippen LogP contribution in [0.25, 0.3) is 16.3 Å².